The summed E-state index contributed by atoms with van der Waals surface area (Å²) in [5.41, 5.74) is 1.18. The van der Waals surface area contributed by atoms with Gasteiger partial charge in [-0.2, -0.15) is 5.26 Å². The summed E-state index contributed by atoms with van der Waals surface area (Å²) >= 11 is 0. The number of hydrogen-bond acceptors (Lipinski definition) is 1. The lowest BCUT2D eigenvalue weighted by molar-refractivity contribution is 0.622. The molecule has 0 radical (unpaired) electrons. The molecule has 0 N–H and O–H groups in total. The van der Waals surface area contributed by atoms with E-state index in [0.717, 1.165) is 5.57 Å². The fourth-order valence-corrected chi connectivity index (χ4v) is 1.26. The zero-order valence-electron chi connectivity index (χ0n) is 7.54. The van der Waals surface area contributed by atoms with Crippen LogP contribution in [0.5, 0.6) is 0 Å². The first-order valence-corrected chi connectivity index (χ1v) is 4.09. The van der Waals surface area contributed by atoms with Crippen molar-refractivity contribution in [3.8, 4) is 6.07 Å². The molecule has 0 atom stereocenters. The van der Waals surface area contributed by atoms with Crippen LogP contribution in [0.1, 0.15) is 20.3 Å². The normalized spacial score (nSPS) is 19.6. The summed E-state index contributed by atoms with van der Waals surface area (Å²) in [5.74, 6) is 0. The molecule has 0 unspecified atom stereocenters. The van der Waals surface area contributed by atoms with E-state index in [0.29, 0.717) is 6.42 Å². The van der Waals surface area contributed by atoms with E-state index >= 15 is 0 Å². The molecule has 0 aromatic heterocycles. The summed E-state index contributed by atoms with van der Waals surface area (Å²) in [6, 6.07) is 2.16. The van der Waals surface area contributed by atoms with Crippen LogP contribution in [-0.2, 0) is 0 Å². The molecule has 0 fully saturated rings. The first kappa shape index (κ1) is 8.80. The Morgan fingerprint density at radius 3 is 2.83 bits per heavy atom. The minimum absolute atomic E-state index is 0.0791. The quantitative estimate of drug-likeness (QED) is 0.577. The highest BCUT2D eigenvalue weighted by Crippen LogP contribution is 2.24. The smallest absolute Gasteiger partial charge is 0.0669 e. The van der Waals surface area contributed by atoms with E-state index in [-0.39, 0.29) is 5.41 Å². The molecule has 1 nitrogen and oxygen atoms in total. The molecule has 0 bridgehead atoms. The Morgan fingerprint density at radius 2 is 2.17 bits per heavy atom. The lowest BCUT2D eigenvalue weighted by Crippen LogP contribution is -2.02. The largest absolute Gasteiger partial charge is 0.198 e. The van der Waals surface area contributed by atoms with Crippen LogP contribution in [0.25, 0.3) is 0 Å². The Morgan fingerprint density at radius 1 is 1.42 bits per heavy atom. The van der Waals surface area contributed by atoms with Crippen LogP contribution in [0.3, 0.4) is 0 Å². The molecule has 1 aliphatic carbocycles. The SMILES string of the molecule is CC1(C)C=CC=CC(CC#N)=C1. The van der Waals surface area contributed by atoms with Crippen molar-refractivity contribution in [2.45, 2.75) is 20.3 Å². The highest BCUT2D eigenvalue weighted by molar-refractivity contribution is 5.32. The minimum atomic E-state index is 0.0791. The zero-order chi connectivity index (χ0) is 9.03. The molecule has 62 valence electrons. The highest BCUT2D eigenvalue weighted by Gasteiger charge is 2.11. The maximum Gasteiger partial charge on any atom is 0.0669 e. The van der Waals surface area contributed by atoms with Crippen LogP contribution in [-0.4, -0.2) is 0 Å². The molecule has 0 amide bonds. The van der Waals surface area contributed by atoms with Gasteiger partial charge in [0.1, 0.15) is 0 Å². The third-order valence-corrected chi connectivity index (χ3v) is 1.79. The van der Waals surface area contributed by atoms with E-state index in [1.807, 2.05) is 18.2 Å². The number of nitrogens with zero attached hydrogens (tertiary/aromatic N) is 1. The van der Waals surface area contributed by atoms with Crippen molar-refractivity contribution in [3.05, 3.63) is 36.0 Å². The molecule has 1 aliphatic rings. The second kappa shape index (κ2) is 3.40. The Kier molecular flexibility index (Phi) is 2.50. The second-order valence-electron chi connectivity index (χ2n) is 3.59. The van der Waals surface area contributed by atoms with Gasteiger partial charge < -0.3 is 0 Å². The third-order valence-electron chi connectivity index (χ3n) is 1.79. The number of allylic oxidation sites excluding steroid dienone is 6. The average molecular weight is 159 g/mol. The van der Waals surface area contributed by atoms with Crippen LogP contribution >= 0.6 is 0 Å². The van der Waals surface area contributed by atoms with Crippen LogP contribution in [0.2, 0.25) is 0 Å². The first-order chi connectivity index (χ1) is 5.64. The molecule has 0 heterocycles. The van der Waals surface area contributed by atoms with Gasteiger partial charge in [0, 0.05) is 5.41 Å². The van der Waals surface area contributed by atoms with Gasteiger partial charge in [0.2, 0.25) is 0 Å². The van der Waals surface area contributed by atoms with Crippen LogP contribution in [0.15, 0.2) is 36.0 Å². The van der Waals surface area contributed by atoms with Crippen molar-refractivity contribution in [3.63, 3.8) is 0 Å². The highest BCUT2D eigenvalue weighted by atomic mass is 14.2. The van der Waals surface area contributed by atoms with Gasteiger partial charge in [0.25, 0.3) is 0 Å². The van der Waals surface area contributed by atoms with Crippen molar-refractivity contribution in [1.82, 2.24) is 0 Å². The Labute approximate surface area is 73.7 Å². The summed E-state index contributed by atoms with van der Waals surface area (Å²) in [6.07, 6.45) is 10.8. The predicted octanol–water partition coefficient (Wildman–Crippen LogP) is 2.98. The molecule has 0 saturated heterocycles. The van der Waals surface area contributed by atoms with Gasteiger partial charge in [-0.25, -0.2) is 0 Å². The van der Waals surface area contributed by atoms with Crippen molar-refractivity contribution in [2.24, 2.45) is 5.41 Å². The molecule has 0 aliphatic heterocycles. The van der Waals surface area contributed by atoms with Gasteiger partial charge in [-0.3, -0.25) is 0 Å². The van der Waals surface area contributed by atoms with Gasteiger partial charge in [-0.05, 0) is 5.57 Å². The van der Waals surface area contributed by atoms with Crippen molar-refractivity contribution < 1.29 is 0 Å². The summed E-state index contributed by atoms with van der Waals surface area (Å²) in [6.45, 7) is 4.27. The molecule has 1 rings (SSSR count). The predicted molar refractivity (Wildman–Crippen MR) is 50.4 cm³/mol. The van der Waals surface area contributed by atoms with Crippen molar-refractivity contribution in [2.75, 3.05) is 0 Å². The van der Waals surface area contributed by atoms with E-state index in [4.69, 9.17) is 5.26 Å². The molecule has 12 heavy (non-hydrogen) atoms. The molecule has 0 aromatic carbocycles. The van der Waals surface area contributed by atoms with Gasteiger partial charge in [0.05, 0.1) is 12.5 Å². The Hall–Kier alpha value is -1.29. The minimum Gasteiger partial charge on any atom is -0.198 e. The second-order valence-corrected chi connectivity index (χ2v) is 3.59. The van der Waals surface area contributed by atoms with Gasteiger partial charge in [-0.1, -0.05) is 44.2 Å². The third kappa shape index (κ3) is 2.39. The first-order valence-electron chi connectivity index (χ1n) is 4.09. The van der Waals surface area contributed by atoms with E-state index in [1.165, 1.54) is 0 Å². The van der Waals surface area contributed by atoms with Crippen molar-refractivity contribution >= 4 is 0 Å². The lowest BCUT2D eigenvalue weighted by atomic mass is 9.91. The van der Waals surface area contributed by atoms with Gasteiger partial charge >= 0.3 is 0 Å². The van der Waals surface area contributed by atoms with E-state index in [1.54, 1.807) is 0 Å². The molecular weight excluding hydrogens is 146 g/mol. The maximum absolute atomic E-state index is 8.54. The van der Waals surface area contributed by atoms with Gasteiger partial charge in [-0.15, -0.1) is 0 Å². The Balaban J connectivity index is 2.89. The van der Waals surface area contributed by atoms with E-state index in [9.17, 15) is 0 Å². The van der Waals surface area contributed by atoms with Crippen molar-refractivity contribution in [1.29, 1.82) is 5.26 Å². The number of nitriles is 1. The zero-order valence-corrected chi connectivity index (χ0v) is 7.54. The van der Waals surface area contributed by atoms with E-state index in [2.05, 4.69) is 32.1 Å². The summed E-state index contributed by atoms with van der Waals surface area (Å²) in [5, 5.41) is 8.54. The fraction of sp³-hybridized carbons (Fsp3) is 0.364. The monoisotopic (exact) mass is 159 g/mol. The molecular formula is C11H13N. The molecule has 0 saturated carbocycles. The van der Waals surface area contributed by atoms with Crippen LogP contribution < -0.4 is 0 Å². The summed E-state index contributed by atoms with van der Waals surface area (Å²) < 4.78 is 0. The average Bonchev–Trinajstić information content (AvgIpc) is 2.11. The van der Waals surface area contributed by atoms with Crippen LogP contribution in [0, 0.1) is 16.7 Å². The number of hydrogen-bond donors (Lipinski definition) is 0. The standard InChI is InChI=1S/C11H13N/c1-11(2)7-4-3-5-10(9-11)6-8-12/h3-5,7,9H,6H2,1-2H3. The topological polar surface area (TPSA) is 23.8 Å². The fourth-order valence-electron chi connectivity index (χ4n) is 1.26. The molecule has 1 heteroatoms. The van der Waals surface area contributed by atoms with Crippen LogP contribution in [0.4, 0.5) is 0 Å². The summed E-state index contributed by atoms with van der Waals surface area (Å²) in [4.78, 5) is 0. The number of rotatable bonds is 1. The maximum atomic E-state index is 8.54. The molecule has 0 aromatic rings. The Bertz CT molecular complexity index is 285. The summed E-state index contributed by atoms with van der Waals surface area (Å²) in [7, 11) is 0. The molecule has 0 spiro atoms. The lowest BCUT2D eigenvalue weighted by Gasteiger charge is -2.14. The van der Waals surface area contributed by atoms with E-state index < -0.39 is 0 Å². The van der Waals surface area contributed by atoms with Gasteiger partial charge in [0.15, 0.2) is 0 Å².